The largest absolute Gasteiger partial charge is 0.316 e. The first-order valence-electron chi connectivity index (χ1n) is 10.0. The molecule has 0 amide bonds. The highest BCUT2D eigenvalue weighted by Crippen LogP contribution is 2.27. The second-order valence-corrected chi connectivity index (χ2v) is 7.75. The van der Waals surface area contributed by atoms with Crippen LogP contribution >= 0.6 is 0 Å². The highest BCUT2D eigenvalue weighted by Gasteiger charge is 2.25. The molecule has 1 saturated heterocycles. The third-order valence-corrected chi connectivity index (χ3v) is 5.67. The van der Waals surface area contributed by atoms with Gasteiger partial charge in [0.15, 0.2) is 5.82 Å². The van der Waals surface area contributed by atoms with Gasteiger partial charge in [-0.25, -0.2) is 9.67 Å². The van der Waals surface area contributed by atoms with Crippen LogP contribution in [0.25, 0.3) is 0 Å². The van der Waals surface area contributed by atoms with Gasteiger partial charge in [-0.05, 0) is 58.8 Å². The number of hydrogen-bond acceptors (Lipinski definition) is 6. The maximum absolute atomic E-state index is 4.55. The summed E-state index contributed by atoms with van der Waals surface area (Å²) < 4.78 is 6.03. The minimum absolute atomic E-state index is 0.481. The molecule has 1 fully saturated rings. The highest BCUT2D eigenvalue weighted by molar-refractivity contribution is 5.06. The molecule has 0 aliphatic carbocycles. The summed E-state index contributed by atoms with van der Waals surface area (Å²) >= 11 is 0. The number of hydrogen-bond donors (Lipinski definition) is 0. The lowest BCUT2D eigenvalue weighted by atomic mass is 9.96. The summed E-state index contributed by atoms with van der Waals surface area (Å²) in [5, 5.41) is 17.6. The van der Waals surface area contributed by atoms with Crippen LogP contribution in [0.2, 0.25) is 0 Å². The standard InChI is InChI=1S/C19H29N9/c1-15-11-16(2)28(24-15)8-4-7-26-9-5-17(6-10-26)19-23-22-18(25(19)3)12-27-14-20-13-21-27/h11,13-14,17H,4-10,12H2,1-3H3. The van der Waals surface area contributed by atoms with Gasteiger partial charge < -0.3 is 9.47 Å². The average molecular weight is 384 g/mol. The Morgan fingerprint density at radius 3 is 2.61 bits per heavy atom. The van der Waals surface area contributed by atoms with Crippen LogP contribution in [0.1, 0.15) is 48.2 Å². The van der Waals surface area contributed by atoms with Gasteiger partial charge in [-0.2, -0.15) is 10.2 Å². The Hall–Kier alpha value is -2.55. The molecular weight excluding hydrogens is 354 g/mol. The average Bonchev–Trinajstić information content (AvgIpc) is 3.39. The van der Waals surface area contributed by atoms with Crippen molar-refractivity contribution >= 4 is 0 Å². The van der Waals surface area contributed by atoms with Crippen LogP contribution in [-0.4, -0.2) is 63.8 Å². The van der Waals surface area contributed by atoms with Gasteiger partial charge in [-0.1, -0.05) is 0 Å². The number of aromatic nitrogens is 8. The fraction of sp³-hybridized carbons (Fsp3) is 0.632. The van der Waals surface area contributed by atoms with E-state index in [1.807, 2.05) is 0 Å². The van der Waals surface area contributed by atoms with Gasteiger partial charge in [0, 0.05) is 25.2 Å². The molecule has 0 saturated carbocycles. The maximum atomic E-state index is 4.55. The molecule has 9 nitrogen and oxygen atoms in total. The molecule has 3 aromatic rings. The molecule has 0 aromatic carbocycles. The van der Waals surface area contributed by atoms with Crippen molar-refractivity contribution in [3.8, 4) is 0 Å². The van der Waals surface area contributed by atoms with E-state index in [1.165, 1.54) is 5.69 Å². The van der Waals surface area contributed by atoms with Crippen molar-refractivity contribution in [3.63, 3.8) is 0 Å². The van der Waals surface area contributed by atoms with E-state index < -0.39 is 0 Å². The normalized spacial score (nSPS) is 16.1. The lowest BCUT2D eigenvalue weighted by Crippen LogP contribution is -2.34. The lowest BCUT2D eigenvalue weighted by Gasteiger charge is -2.31. The Bertz CT molecular complexity index is 885. The van der Waals surface area contributed by atoms with E-state index in [4.69, 9.17) is 0 Å². The zero-order valence-electron chi connectivity index (χ0n) is 17.0. The molecule has 0 unspecified atom stereocenters. The van der Waals surface area contributed by atoms with Crippen LogP contribution in [0, 0.1) is 13.8 Å². The van der Waals surface area contributed by atoms with E-state index in [0.29, 0.717) is 12.5 Å². The Morgan fingerprint density at radius 2 is 1.93 bits per heavy atom. The Kier molecular flexibility index (Phi) is 5.52. The Morgan fingerprint density at radius 1 is 1.11 bits per heavy atom. The highest BCUT2D eigenvalue weighted by atomic mass is 15.4. The molecule has 0 bridgehead atoms. The number of piperidine rings is 1. The fourth-order valence-electron chi connectivity index (χ4n) is 4.09. The van der Waals surface area contributed by atoms with Crippen molar-refractivity contribution < 1.29 is 0 Å². The quantitative estimate of drug-likeness (QED) is 0.615. The third-order valence-electron chi connectivity index (χ3n) is 5.67. The van der Waals surface area contributed by atoms with E-state index in [1.54, 1.807) is 17.3 Å². The predicted octanol–water partition coefficient (Wildman–Crippen LogP) is 1.54. The van der Waals surface area contributed by atoms with Crippen molar-refractivity contribution in [3.05, 3.63) is 41.8 Å². The summed E-state index contributed by atoms with van der Waals surface area (Å²) in [6.45, 7) is 9.15. The second-order valence-electron chi connectivity index (χ2n) is 7.75. The third kappa shape index (κ3) is 4.14. The second kappa shape index (κ2) is 8.22. The SMILES string of the molecule is Cc1cc(C)n(CCCN2CCC(c3nnc(Cn4cncn4)n3C)CC2)n1. The maximum Gasteiger partial charge on any atom is 0.154 e. The van der Waals surface area contributed by atoms with Crippen LogP contribution in [0.3, 0.4) is 0 Å². The summed E-state index contributed by atoms with van der Waals surface area (Å²) in [4.78, 5) is 6.55. The monoisotopic (exact) mass is 383 g/mol. The van der Waals surface area contributed by atoms with E-state index in [2.05, 4.69) is 66.5 Å². The van der Waals surface area contributed by atoms with Crippen molar-refractivity contribution in [2.45, 2.75) is 52.1 Å². The topological polar surface area (TPSA) is 82.5 Å². The van der Waals surface area contributed by atoms with Crippen LogP contribution < -0.4 is 0 Å². The van der Waals surface area contributed by atoms with Gasteiger partial charge in [0.05, 0.1) is 5.69 Å². The van der Waals surface area contributed by atoms with Crippen molar-refractivity contribution in [2.75, 3.05) is 19.6 Å². The van der Waals surface area contributed by atoms with Gasteiger partial charge in [-0.3, -0.25) is 4.68 Å². The predicted molar refractivity (Wildman–Crippen MR) is 105 cm³/mol. The Balaban J connectivity index is 1.26. The number of likely N-dealkylation sites (tertiary alicyclic amines) is 1. The molecule has 3 aromatic heterocycles. The summed E-state index contributed by atoms with van der Waals surface area (Å²) in [7, 11) is 2.06. The van der Waals surface area contributed by atoms with E-state index in [0.717, 1.165) is 62.8 Å². The molecule has 4 heterocycles. The summed E-state index contributed by atoms with van der Waals surface area (Å²) in [6.07, 6.45) is 6.66. The van der Waals surface area contributed by atoms with Crippen LogP contribution in [0.15, 0.2) is 18.7 Å². The number of aryl methyl sites for hydroxylation is 3. The molecule has 0 N–H and O–H groups in total. The molecule has 0 atom stereocenters. The van der Waals surface area contributed by atoms with Gasteiger partial charge in [-0.15, -0.1) is 10.2 Å². The molecule has 1 aliphatic rings. The lowest BCUT2D eigenvalue weighted by molar-refractivity contribution is 0.202. The molecule has 9 heteroatoms. The molecule has 4 rings (SSSR count). The van der Waals surface area contributed by atoms with Crippen molar-refractivity contribution in [2.24, 2.45) is 7.05 Å². The van der Waals surface area contributed by atoms with Gasteiger partial charge in [0.1, 0.15) is 25.0 Å². The van der Waals surface area contributed by atoms with Crippen LogP contribution in [-0.2, 0) is 20.1 Å². The summed E-state index contributed by atoms with van der Waals surface area (Å²) in [5.74, 6) is 2.50. The molecule has 0 spiro atoms. The van der Waals surface area contributed by atoms with E-state index in [9.17, 15) is 0 Å². The molecule has 0 radical (unpaired) electrons. The molecule has 1 aliphatic heterocycles. The van der Waals surface area contributed by atoms with Crippen LogP contribution in [0.5, 0.6) is 0 Å². The summed E-state index contributed by atoms with van der Waals surface area (Å²) in [5.41, 5.74) is 2.35. The molecule has 28 heavy (non-hydrogen) atoms. The summed E-state index contributed by atoms with van der Waals surface area (Å²) in [6, 6.07) is 2.14. The van der Waals surface area contributed by atoms with Crippen LogP contribution in [0.4, 0.5) is 0 Å². The Labute approximate surface area is 165 Å². The minimum atomic E-state index is 0.481. The molecule has 150 valence electrons. The first kappa shape index (κ1) is 18.8. The first-order chi connectivity index (χ1) is 13.6. The van der Waals surface area contributed by atoms with Crippen molar-refractivity contribution in [1.29, 1.82) is 0 Å². The fourth-order valence-corrected chi connectivity index (χ4v) is 4.09. The smallest absolute Gasteiger partial charge is 0.154 e. The number of rotatable bonds is 7. The number of nitrogens with zero attached hydrogens (tertiary/aromatic N) is 9. The van der Waals surface area contributed by atoms with Gasteiger partial charge in [0.2, 0.25) is 0 Å². The molecular formula is C19H29N9. The minimum Gasteiger partial charge on any atom is -0.316 e. The van der Waals surface area contributed by atoms with Crippen molar-refractivity contribution in [1.82, 2.24) is 44.2 Å². The zero-order chi connectivity index (χ0) is 19.5. The first-order valence-corrected chi connectivity index (χ1v) is 10.0. The van der Waals surface area contributed by atoms with E-state index >= 15 is 0 Å². The van der Waals surface area contributed by atoms with Gasteiger partial charge in [0.25, 0.3) is 0 Å². The van der Waals surface area contributed by atoms with Gasteiger partial charge >= 0.3 is 0 Å². The zero-order valence-corrected chi connectivity index (χ0v) is 17.0. The van der Waals surface area contributed by atoms with E-state index in [-0.39, 0.29) is 0 Å².